The second-order valence-corrected chi connectivity index (χ2v) is 13.8. The molecule has 0 aromatic rings. The molecule has 0 rings (SSSR count). The highest BCUT2D eigenvalue weighted by Gasteiger charge is 2.38. The molecule has 10 heteroatoms. The highest BCUT2D eigenvalue weighted by atomic mass is 33.1. The van der Waals surface area contributed by atoms with Crippen LogP contribution in [-0.2, 0) is 9.26 Å². The van der Waals surface area contributed by atoms with E-state index in [0.29, 0.717) is 43.3 Å². The van der Waals surface area contributed by atoms with Crippen molar-refractivity contribution in [1.82, 2.24) is 14.7 Å². The third-order valence-corrected chi connectivity index (χ3v) is 10.1. The minimum Gasteiger partial charge on any atom is -0.378 e. The van der Waals surface area contributed by atoms with Gasteiger partial charge in [-0.25, -0.2) is 9.34 Å². The fourth-order valence-corrected chi connectivity index (χ4v) is 7.54. The molecule has 0 amide bonds. The molecule has 0 unspecified atom stereocenters. The number of nitrogens with one attached hydrogen (secondary N) is 1. The Morgan fingerprint density at radius 2 is 1.41 bits per heavy atom. The quantitative estimate of drug-likeness (QED) is 0.0910. The summed E-state index contributed by atoms with van der Waals surface area (Å²) in [6, 6.07) is 1.61. The van der Waals surface area contributed by atoms with Crippen LogP contribution < -0.4 is 11.1 Å². The Labute approximate surface area is 207 Å². The van der Waals surface area contributed by atoms with Crippen molar-refractivity contribution in [3.05, 3.63) is 0 Å². The molecule has 0 aromatic carbocycles. The van der Waals surface area contributed by atoms with Crippen molar-refractivity contribution < 1.29 is 9.26 Å². The van der Waals surface area contributed by atoms with Gasteiger partial charge in [0.15, 0.2) is 14.4 Å². The molecule has 0 aliphatic rings. The lowest BCUT2D eigenvalue weighted by Crippen LogP contribution is -2.46. The Kier molecular flexibility index (Phi) is 16.9. The van der Waals surface area contributed by atoms with Crippen LogP contribution in [0.4, 0.5) is 0 Å². The zero-order chi connectivity index (χ0) is 24.9. The van der Waals surface area contributed by atoms with Crippen molar-refractivity contribution >= 4 is 36.0 Å². The van der Waals surface area contributed by atoms with Crippen LogP contribution in [-0.4, -0.2) is 83.4 Å². The van der Waals surface area contributed by atoms with Crippen molar-refractivity contribution in [3.8, 4) is 0 Å². The predicted molar refractivity (Wildman–Crippen MR) is 148 cm³/mol. The molecule has 0 aliphatic carbocycles. The van der Waals surface area contributed by atoms with Crippen LogP contribution in [0.2, 0.25) is 0 Å². The Balaban J connectivity index is 4.75. The van der Waals surface area contributed by atoms with Gasteiger partial charge in [-0.3, -0.25) is 4.99 Å². The molecule has 0 saturated carbocycles. The topological polar surface area (TPSA) is 75.3 Å². The van der Waals surface area contributed by atoms with Gasteiger partial charge in [-0.2, -0.15) is 0 Å². The molecule has 0 atom stereocenters. The summed E-state index contributed by atoms with van der Waals surface area (Å²) in [4.78, 5) is 3.88. The highest BCUT2D eigenvalue weighted by molar-refractivity contribution is 8.76. The summed E-state index contributed by atoms with van der Waals surface area (Å²) in [5.74, 6) is 2.41. The first-order chi connectivity index (χ1) is 14.8. The van der Waals surface area contributed by atoms with E-state index in [9.17, 15) is 0 Å². The standard InChI is InChI=1S/C22H50N5O2PS2/c1-17(2)26(18(3)4)30(27(19(5)6)20(7)8)29-22(9,10)16-28-13-15-32-31-14-12-25-21(23)24-11/h17-20H,12-16H2,1-11H3,(H3,23,24,25). The van der Waals surface area contributed by atoms with Gasteiger partial charge in [0.2, 0.25) is 0 Å². The van der Waals surface area contributed by atoms with Crippen LogP contribution in [0.25, 0.3) is 0 Å². The molecule has 0 spiro atoms. The third kappa shape index (κ3) is 13.2. The van der Waals surface area contributed by atoms with Crippen LogP contribution in [0.3, 0.4) is 0 Å². The molecule has 0 bridgehead atoms. The predicted octanol–water partition coefficient (Wildman–Crippen LogP) is 5.18. The average molecular weight is 512 g/mol. The zero-order valence-electron chi connectivity index (χ0n) is 22.3. The van der Waals surface area contributed by atoms with Crippen LogP contribution in [0.1, 0.15) is 69.2 Å². The summed E-state index contributed by atoms with van der Waals surface area (Å²) in [5.41, 5.74) is 5.25. The maximum Gasteiger partial charge on any atom is 0.189 e. The number of nitrogens with zero attached hydrogens (tertiary/aromatic N) is 3. The average Bonchev–Trinajstić information content (AvgIpc) is 2.64. The summed E-state index contributed by atoms with van der Waals surface area (Å²) < 4.78 is 17.9. The zero-order valence-corrected chi connectivity index (χ0v) is 24.9. The minimum absolute atomic E-state index is 0.367. The normalized spacial score (nSPS) is 13.8. The second-order valence-electron chi connectivity index (χ2n) is 9.47. The van der Waals surface area contributed by atoms with E-state index in [-0.39, 0.29) is 5.60 Å². The van der Waals surface area contributed by atoms with Gasteiger partial charge in [0, 0.05) is 49.3 Å². The lowest BCUT2D eigenvalue weighted by molar-refractivity contribution is -0.00525. The van der Waals surface area contributed by atoms with Gasteiger partial charge in [-0.15, -0.1) is 0 Å². The molecule has 32 heavy (non-hydrogen) atoms. The molecule has 0 aliphatic heterocycles. The lowest BCUT2D eigenvalue weighted by atomic mass is 10.2. The Bertz CT molecular complexity index is 487. The summed E-state index contributed by atoms with van der Waals surface area (Å²) >= 11 is 0. The fourth-order valence-electron chi connectivity index (χ4n) is 3.27. The van der Waals surface area contributed by atoms with E-state index in [4.69, 9.17) is 15.0 Å². The first-order valence-corrected chi connectivity index (χ1v) is 15.3. The Morgan fingerprint density at radius 1 is 0.938 bits per heavy atom. The number of aliphatic imine (C=N–C) groups is 1. The summed E-state index contributed by atoms with van der Waals surface area (Å²) in [6.07, 6.45) is 0. The largest absolute Gasteiger partial charge is 0.378 e. The van der Waals surface area contributed by atoms with Crippen molar-refractivity contribution in [3.63, 3.8) is 0 Å². The SMILES string of the molecule is CN=C(N)NCCSSCCOCC(C)(C)OP(N(C(C)C)C(C)C)N(C(C)C)C(C)C. The van der Waals surface area contributed by atoms with E-state index in [0.717, 1.165) is 18.1 Å². The first kappa shape index (κ1) is 32.2. The van der Waals surface area contributed by atoms with Crippen molar-refractivity contribution in [2.45, 2.75) is 99.0 Å². The van der Waals surface area contributed by atoms with Gasteiger partial charge in [-0.1, -0.05) is 21.6 Å². The van der Waals surface area contributed by atoms with E-state index in [1.54, 1.807) is 7.05 Å². The van der Waals surface area contributed by atoms with Crippen molar-refractivity contribution in [2.24, 2.45) is 10.7 Å². The summed E-state index contributed by atoms with van der Waals surface area (Å²) in [6.45, 7) is 24.5. The molecule has 0 heterocycles. The van der Waals surface area contributed by atoms with E-state index in [2.05, 4.69) is 88.9 Å². The minimum atomic E-state index is -0.924. The van der Waals surface area contributed by atoms with Gasteiger partial charge < -0.3 is 20.3 Å². The van der Waals surface area contributed by atoms with Crippen molar-refractivity contribution in [1.29, 1.82) is 0 Å². The third-order valence-electron chi connectivity index (χ3n) is 4.42. The smallest absolute Gasteiger partial charge is 0.189 e. The summed E-state index contributed by atoms with van der Waals surface area (Å²) in [5, 5.41) is 3.06. The molecule has 0 aromatic heterocycles. The van der Waals surface area contributed by atoms with Gasteiger partial charge in [-0.05, 0) is 69.2 Å². The summed E-state index contributed by atoms with van der Waals surface area (Å²) in [7, 11) is 4.40. The van der Waals surface area contributed by atoms with Crippen LogP contribution in [0, 0.1) is 0 Å². The molecule has 0 saturated heterocycles. The van der Waals surface area contributed by atoms with Gasteiger partial charge in [0.1, 0.15) is 0 Å². The molecule has 7 nitrogen and oxygen atoms in total. The number of rotatable bonds is 17. The van der Waals surface area contributed by atoms with E-state index in [1.165, 1.54) is 0 Å². The van der Waals surface area contributed by atoms with Crippen LogP contribution in [0.5, 0.6) is 0 Å². The lowest BCUT2D eigenvalue weighted by Gasteiger charge is -2.48. The van der Waals surface area contributed by atoms with Crippen molar-refractivity contribution in [2.75, 3.05) is 38.3 Å². The van der Waals surface area contributed by atoms with Gasteiger partial charge in [0.05, 0.1) is 18.8 Å². The maximum atomic E-state index is 6.85. The Morgan fingerprint density at radius 3 is 1.84 bits per heavy atom. The monoisotopic (exact) mass is 511 g/mol. The molecule has 0 fully saturated rings. The second kappa shape index (κ2) is 16.8. The van der Waals surface area contributed by atoms with Gasteiger partial charge >= 0.3 is 0 Å². The van der Waals surface area contributed by atoms with Gasteiger partial charge in [0.25, 0.3) is 0 Å². The number of guanidine groups is 1. The fraction of sp³-hybridized carbons (Fsp3) is 0.955. The Hall–Kier alpha value is 0.240. The van der Waals surface area contributed by atoms with E-state index < -0.39 is 8.45 Å². The number of hydrogen-bond donors (Lipinski definition) is 2. The van der Waals surface area contributed by atoms with Crippen LogP contribution >= 0.6 is 30.0 Å². The molecular formula is C22H50N5O2PS2. The van der Waals surface area contributed by atoms with Crippen LogP contribution in [0.15, 0.2) is 4.99 Å². The molecular weight excluding hydrogens is 461 g/mol. The molecule has 192 valence electrons. The highest BCUT2D eigenvalue weighted by Crippen LogP contribution is 2.53. The molecule has 0 radical (unpaired) electrons. The maximum absolute atomic E-state index is 6.85. The number of hydrogen-bond acceptors (Lipinski definition) is 7. The van der Waals surface area contributed by atoms with E-state index >= 15 is 0 Å². The number of ether oxygens (including phenoxy) is 1. The number of nitrogens with two attached hydrogens (primary N) is 1. The molecule has 3 N–H and O–H groups in total. The first-order valence-electron chi connectivity index (χ1n) is 11.7. The van der Waals surface area contributed by atoms with E-state index in [1.807, 2.05) is 21.6 Å².